The molecule has 1 aromatic rings. The Morgan fingerprint density at radius 2 is 2.45 bits per heavy atom. The fourth-order valence-electron chi connectivity index (χ4n) is 0.545. The van der Waals surface area contributed by atoms with Crippen molar-refractivity contribution in [3.8, 4) is 0 Å². The van der Waals surface area contributed by atoms with Crippen molar-refractivity contribution < 1.29 is 0 Å². The first-order chi connectivity index (χ1) is 5.43. The van der Waals surface area contributed by atoms with Crippen LogP contribution in [0.3, 0.4) is 0 Å². The lowest BCUT2D eigenvalue weighted by molar-refractivity contribution is 0.987. The van der Waals surface area contributed by atoms with Gasteiger partial charge in [-0.15, -0.1) is 0 Å². The van der Waals surface area contributed by atoms with Crippen LogP contribution >= 0.6 is 21.6 Å². The van der Waals surface area contributed by atoms with Crippen LogP contribution in [0.5, 0.6) is 0 Å². The van der Waals surface area contributed by atoms with Crippen molar-refractivity contribution in [1.29, 1.82) is 0 Å². The SMILES string of the molecule is CNCSSc1ccccn1. The van der Waals surface area contributed by atoms with E-state index in [0.29, 0.717) is 0 Å². The Labute approximate surface area is 74.6 Å². The van der Waals surface area contributed by atoms with Crippen LogP contribution in [0.25, 0.3) is 0 Å². The van der Waals surface area contributed by atoms with Crippen LogP contribution in [0.4, 0.5) is 0 Å². The Balaban J connectivity index is 2.28. The summed E-state index contributed by atoms with van der Waals surface area (Å²) in [5.74, 6) is 0.946. The number of nitrogens with one attached hydrogen (secondary N) is 1. The van der Waals surface area contributed by atoms with Gasteiger partial charge in [-0.05, 0) is 30.0 Å². The summed E-state index contributed by atoms with van der Waals surface area (Å²) >= 11 is 0. The van der Waals surface area contributed by atoms with E-state index in [2.05, 4.69) is 10.3 Å². The van der Waals surface area contributed by atoms with Crippen LogP contribution in [0.15, 0.2) is 29.4 Å². The minimum atomic E-state index is 0.946. The van der Waals surface area contributed by atoms with Gasteiger partial charge in [-0.3, -0.25) is 0 Å². The highest BCUT2D eigenvalue weighted by Gasteiger charge is 1.91. The van der Waals surface area contributed by atoms with Gasteiger partial charge < -0.3 is 5.32 Å². The second-order valence-electron chi connectivity index (χ2n) is 1.87. The van der Waals surface area contributed by atoms with Crippen molar-refractivity contribution in [2.45, 2.75) is 5.03 Å². The highest BCUT2D eigenvalue weighted by Crippen LogP contribution is 2.27. The van der Waals surface area contributed by atoms with Crippen LogP contribution in [0.1, 0.15) is 0 Å². The minimum Gasteiger partial charge on any atom is -0.310 e. The van der Waals surface area contributed by atoms with Gasteiger partial charge in [0.1, 0.15) is 5.03 Å². The summed E-state index contributed by atoms with van der Waals surface area (Å²) < 4.78 is 0. The first kappa shape index (κ1) is 8.90. The molecular formula is C7H10N2S2. The third-order valence-corrected chi connectivity index (χ3v) is 3.14. The molecule has 0 bridgehead atoms. The standard InChI is InChI=1S/C7H10N2S2/c1-8-6-10-11-7-4-2-3-5-9-7/h2-5,8H,6H2,1H3. The van der Waals surface area contributed by atoms with E-state index >= 15 is 0 Å². The van der Waals surface area contributed by atoms with Crippen molar-refractivity contribution in [1.82, 2.24) is 10.3 Å². The Bertz CT molecular complexity index is 191. The normalized spacial score (nSPS) is 9.91. The van der Waals surface area contributed by atoms with Gasteiger partial charge in [-0.1, -0.05) is 16.9 Å². The molecule has 11 heavy (non-hydrogen) atoms. The maximum atomic E-state index is 4.16. The number of aromatic nitrogens is 1. The smallest absolute Gasteiger partial charge is 0.107 e. The predicted molar refractivity (Wildman–Crippen MR) is 51.6 cm³/mol. The molecule has 0 aliphatic carbocycles. The van der Waals surface area contributed by atoms with E-state index in [1.807, 2.05) is 31.4 Å². The molecule has 0 unspecified atom stereocenters. The largest absolute Gasteiger partial charge is 0.310 e. The lowest BCUT2D eigenvalue weighted by Gasteiger charge is -1.97. The van der Waals surface area contributed by atoms with Gasteiger partial charge in [0.05, 0.1) is 5.88 Å². The number of rotatable bonds is 4. The minimum absolute atomic E-state index is 0.946. The molecule has 1 aromatic heterocycles. The zero-order valence-electron chi connectivity index (χ0n) is 6.28. The third kappa shape index (κ3) is 3.65. The molecule has 0 atom stereocenters. The van der Waals surface area contributed by atoms with E-state index in [4.69, 9.17) is 0 Å². The molecule has 0 amide bonds. The summed E-state index contributed by atoms with van der Waals surface area (Å²) in [6.45, 7) is 0. The summed E-state index contributed by atoms with van der Waals surface area (Å²) in [4.78, 5) is 4.16. The number of nitrogens with zero attached hydrogens (tertiary/aromatic N) is 1. The van der Waals surface area contributed by atoms with Gasteiger partial charge in [-0.2, -0.15) is 0 Å². The van der Waals surface area contributed by atoms with Crippen LogP contribution < -0.4 is 5.32 Å². The maximum Gasteiger partial charge on any atom is 0.107 e. The predicted octanol–water partition coefficient (Wildman–Crippen LogP) is 2.00. The molecule has 0 saturated heterocycles. The summed E-state index contributed by atoms with van der Waals surface area (Å²) in [5.41, 5.74) is 0. The summed E-state index contributed by atoms with van der Waals surface area (Å²) in [6.07, 6.45) is 1.81. The van der Waals surface area contributed by atoms with E-state index < -0.39 is 0 Å². The fraction of sp³-hybridized carbons (Fsp3) is 0.286. The zero-order valence-corrected chi connectivity index (χ0v) is 7.91. The van der Waals surface area contributed by atoms with Gasteiger partial charge in [0.25, 0.3) is 0 Å². The molecule has 0 spiro atoms. The molecule has 0 aliphatic rings. The number of hydrogen-bond acceptors (Lipinski definition) is 4. The third-order valence-electron chi connectivity index (χ3n) is 0.985. The van der Waals surface area contributed by atoms with Crippen LogP contribution in [0, 0.1) is 0 Å². The number of hydrogen-bond donors (Lipinski definition) is 1. The first-order valence-corrected chi connectivity index (χ1v) is 5.60. The molecule has 0 radical (unpaired) electrons. The van der Waals surface area contributed by atoms with Crippen LogP contribution in [0.2, 0.25) is 0 Å². The average Bonchev–Trinajstić information content (AvgIpc) is 2.07. The molecule has 2 nitrogen and oxygen atoms in total. The average molecular weight is 186 g/mol. The highest BCUT2D eigenvalue weighted by atomic mass is 33.1. The van der Waals surface area contributed by atoms with Gasteiger partial charge >= 0.3 is 0 Å². The molecule has 0 aliphatic heterocycles. The zero-order chi connectivity index (χ0) is 7.94. The van der Waals surface area contributed by atoms with E-state index in [9.17, 15) is 0 Å². The molecule has 1 N–H and O–H groups in total. The molecule has 0 aromatic carbocycles. The van der Waals surface area contributed by atoms with Gasteiger partial charge in [0.15, 0.2) is 0 Å². The van der Waals surface area contributed by atoms with E-state index in [-0.39, 0.29) is 0 Å². The highest BCUT2D eigenvalue weighted by molar-refractivity contribution is 8.76. The van der Waals surface area contributed by atoms with Crippen molar-refractivity contribution in [3.63, 3.8) is 0 Å². The Kier molecular flexibility index (Phi) is 4.42. The molecule has 0 fully saturated rings. The van der Waals surface area contributed by atoms with Gasteiger partial charge in [-0.25, -0.2) is 4.98 Å². The first-order valence-electron chi connectivity index (χ1n) is 3.28. The monoisotopic (exact) mass is 186 g/mol. The Hall–Kier alpha value is -0.190. The molecule has 4 heteroatoms. The molecular weight excluding hydrogens is 176 g/mol. The molecule has 1 heterocycles. The van der Waals surface area contributed by atoms with Crippen LogP contribution in [-0.2, 0) is 0 Å². The van der Waals surface area contributed by atoms with Crippen molar-refractivity contribution >= 4 is 21.6 Å². The second kappa shape index (κ2) is 5.46. The van der Waals surface area contributed by atoms with Gasteiger partial charge in [0.2, 0.25) is 0 Å². The summed E-state index contributed by atoms with van der Waals surface area (Å²) in [6, 6.07) is 5.93. The quantitative estimate of drug-likeness (QED) is 0.442. The van der Waals surface area contributed by atoms with E-state index in [1.54, 1.807) is 21.6 Å². The lowest BCUT2D eigenvalue weighted by Crippen LogP contribution is -2.01. The summed E-state index contributed by atoms with van der Waals surface area (Å²) in [5, 5.41) is 4.12. The molecule has 60 valence electrons. The van der Waals surface area contributed by atoms with Gasteiger partial charge in [0, 0.05) is 6.20 Å². The van der Waals surface area contributed by atoms with Crippen molar-refractivity contribution in [2.24, 2.45) is 0 Å². The van der Waals surface area contributed by atoms with E-state index in [1.165, 1.54) is 0 Å². The summed E-state index contributed by atoms with van der Waals surface area (Å²) in [7, 11) is 5.37. The van der Waals surface area contributed by atoms with E-state index in [0.717, 1.165) is 10.9 Å². The Morgan fingerprint density at radius 3 is 3.09 bits per heavy atom. The van der Waals surface area contributed by atoms with Crippen molar-refractivity contribution in [2.75, 3.05) is 12.9 Å². The Morgan fingerprint density at radius 1 is 1.55 bits per heavy atom. The van der Waals surface area contributed by atoms with Crippen molar-refractivity contribution in [3.05, 3.63) is 24.4 Å². The second-order valence-corrected chi connectivity index (χ2v) is 4.18. The van der Waals surface area contributed by atoms with Crippen LogP contribution in [-0.4, -0.2) is 17.9 Å². The molecule has 0 saturated carbocycles. The number of pyridine rings is 1. The molecule has 1 rings (SSSR count). The lowest BCUT2D eigenvalue weighted by atomic mass is 10.5. The topological polar surface area (TPSA) is 24.9 Å². The maximum absolute atomic E-state index is 4.16. The fourth-order valence-corrected chi connectivity index (χ4v) is 2.27.